The molecule has 1 amide bonds. The second kappa shape index (κ2) is 4.53. The Morgan fingerprint density at radius 3 is 2.69 bits per heavy atom. The van der Waals surface area contributed by atoms with Gasteiger partial charge in [-0.3, -0.25) is 9.59 Å². The first-order chi connectivity index (χ1) is 6.09. The standard InChI is InChI=1S/C8H8BrNO2S/c1-5(11)4-10-8(12)6-2-3-7(9)13-6/h2-3H,4H2,1H3,(H,10,12). The van der Waals surface area contributed by atoms with E-state index in [0.717, 1.165) is 3.79 Å². The van der Waals surface area contributed by atoms with Crippen LogP contribution in [-0.2, 0) is 4.79 Å². The van der Waals surface area contributed by atoms with Gasteiger partial charge in [-0.25, -0.2) is 0 Å². The van der Waals surface area contributed by atoms with Gasteiger partial charge in [-0.1, -0.05) is 0 Å². The third kappa shape index (κ3) is 3.28. The third-order valence-corrected chi connectivity index (χ3v) is 2.92. The predicted molar refractivity (Wildman–Crippen MR) is 55.0 cm³/mol. The summed E-state index contributed by atoms with van der Waals surface area (Å²) < 4.78 is 0.903. The van der Waals surface area contributed by atoms with E-state index in [1.54, 1.807) is 12.1 Å². The van der Waals surface area contributed by atoms with Gasteiger partial charge in [0.1, 0.15) is 5.78 Å². The maximum absolute atomic E-state index is 11.3. The number of carbonyl (C=O) groups is 2. The van der Waals surface area contributed by atoms with Crippen molar-refractivity contribution in [3.05, 3.63) is 20.8 Å². The molecule has 0 saturated heterocycles. The van der Waals surface area contributed by atoms with Crippen molar-refractivity contribution < 1.29 is 9.59 Å². The average molecular weight is 262 g/mol. The number of hydrogen-bond donors (Lipinski definition) is 1. The summed E-state index contributed by atoms with van der Waals surface area (Å²) in [7, 11) is 0. The van der Waals surface area contributed by atoms with E-state index < -0.39 is 0 Å². The van der Waals surface area contributed by atoms with Crippen LogP contribution in [0.3, 0.4) is 0 Å². The third-order valence-electron chi connectivity index (χ3n) is 1.29. The van der Waals surface area contributed by atoms with Crippen molar-refractivity contribution in [2.75, 3.05) is 6.54 Å². The number of rotatable bonds is 3. The van der Waals surface area contributed by atoms with Gasteiger partial charge in [0.2, 0.25) is 0 Å². The highest BCUT2D eigenvalue weighted by Gasteiger charge is 2.07. The van der Waals surface area contributed by atoms with Crippen molar-refractivity contribution in [1.29, 1.82) is 0 Å². The van der Waals surface area contributed by atoms with Crippen LogP contribution in [-0.4, -0.2) is 18.2 Å². The molecular weight excluding hydrogens is 254 g/mol. The highest BCUT2D eigenvalue weighted by molar-refractivity contribution is 9.11. The number of Topliss-reactive ketones (excluding diaryl/α,β-unsaturated/α-hetero) is 1. The molecule has 13 heavy (non-hydrogen) atoms. The summed E-state index contributed by atoms with van der Waals surface area (Å²) in [6.07, 6.45) is 0. The van der Waals surface area contributed by atoms with Crippen LogP contribution in [0.2, 0.25) is 0 Å². The van der Waals surface area contributed by atoms with Crippen LogP contribution >= 0.6 is 27.3 Å². The molecule has 0 radical (unpaired) electrons. The molecule has 0 unspecified atom stereocenters. The number of amides is 1. The molecule has 0 fully saturated rings. The quantitative estimate of drug-likeness (QED) is 0.903. The summed E-state index contributed by atoms with van der Waals surface area (Å²) in [5, 5.41) is 2.51. The molecule has 1 heterocycles. The molecule has 0 aromatic carbocycles. The van der Waals surface area contributed by atoms with Crippen LogP contribution in [0, 0.1) is 0 Å². The van der Waals surface area contributed by atoms with E-state index in [1.165, 1.54) is 18.3 Å². The zero-order valence-electron chi connectivity index (χ0n) is 6.96. The van der Waals surface area contributed by atoms with E-state index in [0.29, 0.717) is 4.88 Å². The maximum atomic E-state index is 11.3. The molecule has 70 valence electrons. The first-order valence-electron chi connectivity index (χ1n) is 3.62. The number of halogens is 1. The van der Waals surface area contributed by atoms with Gasteiger partial charge < -0.3 is 5.32 Å². The Labute approximate surface area is 88.3 Å². The SMILES string of the molecule is CC(=O)CNC(=O)c1ccc(Br)s1. The minimum Gasteiger partial charge on any atom is -0.344 e. The molecule has 1 aromatic rings. The van der Waals surface area contributed by atoms with E-state index in [4.69, 9.17) is 0 Å². The lowest BCUT2D eigenvalue weighted by atomic mass is 10.4. The zero-order valence-corrected chi connectivity index (χ0v) is 9.37. The highest BCUT2D eigenvalue weighted by Crippen LogP contribution is 2.21. The average Bonchev–Trinajstić information content (AvgIpc) is 2.47. The minimum absolute atomic E-state index is 0.0519. The molecule has 5 heteroatoms. The van der Waals surface area contributed by atoms with Crippen molar-refractivity contribution in [3.8, 4) is 0 Å². The Kier molecular flexibility index (Phi) is 3.62. The molecule has 0 saturated carbocycles. The Balaban J connectivity index is 2.54. The van der Waals surface area contributed by atoms with Gasteiger partial charge in [0.25, 0.3) is 5.91 Å². The molecule has 1 rings (SSSR count). The number of ketones is 1. The second-order valence-corrected chi connectivity index (χ2v) is 4.95. The second-order valence-electron chi connectivity index (χ2n) is 2.49. The molecular formula is C8H8BrNO2S. The number of thiophene rings is 1. The maximum Gasteiger partial charge on any atom is 0.261 e. The summed E-state index contributed by atoms with van der Waals surface area (Å²) in [5.74, 6) is -0.255. The fraction of sp³-hybridized carbons (Fsp3) is 0.250. The summed E-state index contributed by atoms with van der Waals surface area (Å²) in [4.78, 5) is 22.5. The Bertz CT molecular complexity index is 335. The molecule has 3 nitrogen and oxygen atoms in total. The lowest BCUT2D eigenvalue weighted by Gasteiger charge is -1.98. The first-order valence-corrected chi connectivity index (χ1v) is 5.23. The van der Waals surface area contributed by atoms with Gasteiger partial charge in [0.15, 0.2) is 0 Å². The molecule has 0 aliphatic carbocycles. The highest BCUT2D eigenvalue weighted by atomic mass is 79.9. The largest absolute Gasteiger partial charge is 0.344 e. The summed E-state index contributed by atoms with van der Waals surface area (Å²) >= 11 is 4.59. The van der Waals surface area contributed by atoms with Crippen LogP contribution < -0.4 is 5.32 Å². The zero-order chi connectivity index (χ0) is 9.84. The van der Waals surface area contributed by atoms with E-state index in [9.17, 15) is 9.59 Å². The topological polar surface area (TPSA) is 46.2 Å². The molecule has 0 bridgehead atoms. The Hall–Kier alpha value is -0.680. The Morgan fingerprint density at radius 1 is 1.54 bits per heavy atom. The van der Waals surface area contributed by atoms with Crippen molar-refractivity contribution in [2.45, 2.75) is 6.92 Å². The number of nitrogens with one attached hydrogen (secondary N) is 1. The van der Waals surface area contributed by atoms with Gasteiger partial charge in [0, 0.05) is 0 Å². The molecule has 0 spiro atoms. The van der Waals surface area contributed by atoms with E-state index in [-0.39, 0.29) is 18.2 Å². The number of carbonyl (C=O) groups excluding carboxylic acids is 2. The normalized spacial score (nSPS) is 9.69. The molecule has 0 aliphatic rings. The van der Waals surface area contributed by atoms with Crippen molar-refractivity contribution in [3.63, 3.8) is 0 Å². The lowest BCUT2D eigenvalue weighted by Crippen LogP contribution is -2.27. The molecule has 0 atom stereocenters. The van der Waals surface area contributed by atoms with Crippen LogP contribution in [0.25, 0.3) is 0 Å². The Morgan fingerprint density at radius 2 is 2.23 bits per heavy atom. The van der Waals surface area contributed by atoms with E-state index in [2.05, 4.69) is 21.2 Å². The van der Waals surface area contributed by atoms with Crippen LogP contribution in [0.5, 0.6) is 0 Å². The smallest absolute Gasteiger partial charge is 0.261 e. The van der Waals surface area contributed by atoms with Gasteiger partial charge in [-0.2, -0.15) is 0 Å². The van der Waals surface area contributed by atoms with Gasteiger partial charge in [-0.05, 0) is 35.0 Å². The van der Waals surface area contributed by atoms with Gasteiger partial charge in [0.05, 0.1) is 15.2 Å². The van der Waals surface area contributed by atoms with Crippen molar-refractivity contribution in [2.24, 2.45) is 0 Å². The fourth-order valence-corrected chi connectivity index (χ4v) is 2.03. The van der Waals surface area contributed by atoms with Crippen LogP contribution in [0.1, 0.15) is 16.6 Å². The van der Waals surface area contributed by atoms with Crippen LogP contribution in [0.15, 0.2) is 15.9 Å². The minimum atomic E-state index is -0.203. The fourth-order valence-electron chi connectivity index (χ4n) is 0.728. The van der Waals surface area contributed by atoms with Crippen molar-refractivity contribution >= 4 is 39.0 Å². The summed E-state index contributed by atoms with van der Waals surface area (Å²) in [6.45, 7) is 1.53. The summed E-state index contributed by atoms with van der Waals surface area (Å²) in [6, 6.07) is 3.51. The molecule has 1 aromatic heterocycles. The van der Waals surface area contributed by atoms with Gasteiger partial charge in [-0.15, -0.1) is 11.3 Å². The molecule has 0 aliphatic heterocycles. The summed E-state index contributed by atoms with van der Waals surface area (Å²) in [5.41, 5.74) is 0. The lowest BCUT2D eigenvalue weighted by molar-refractivity contribution is -0.116. The number of hydrogen-bond acceptors (Lipinski definition) is 3. The van der Waals surface area contributed by atoms with Gasteiger partial charge >= 0.3 is 0 Å². The van der Waals surface area contributed by atoms with Crippen LogP contribution in [0.4, 0.5) is 0 Å². The molecule has 1 N–H and O–H groups in total. The van der Waals surface area contributed by atoms with E-state index in [1.807, 2.05) is 0 Å². The first kappa shape index (κ1) is 10.4. The predicted octanol–water partition coefficient (Wildman–Crippen LogP) is 1.83. The van der Waals surface area contributed by atoms with Crippen molar-refractivity contribution in [1.82, 2.24) is 5.32 Å². The monoisotopic (exact) mass is 261 g/mol. The van der Waals surface area contributed by atoms with E-state index >= 15 is 0 Å².